The summed E-state index contributed by atoms with van der Waals surface area (Å²) in [5.74, 6) is 0.320. The van der Waals surface area contributed by atoms with E-state index in [1.165, 1.54) is 0 Å². The molecule has 1 heterocycles. The van der Waals surface area contributed by atoms with Crippen LogP contribution in [0.3, 0.4) is 0 Å². The third-order valence-corrected chi connectivity index (χ3v) is 4.58. The minimum absolute atomic E-state index is 0.0131. The van der Waals surface area contributed by atoms with Crippen molar-refractivity contribution >= 4 is 5.71 Å². The van der Waals surface area contributed by atoms with E-state index in [2.05, 4.69) is 29.6 Å². The molecule has 3 aromatic rings. The summed E-state index contributed by atoms with van der Waals surface area (Å²) in [6, 6.07) is 28.0. The van der Waals surface area contributed by atoms with Gasteiger partial charge in [0.25, 0.3) is 0 Å². The van der Waals surface area contributed by atoms with Crippen molar-refractivity contribution in [1.29, 1.82) is 0 Å². The second kappa shape index (κ2) is 6.91. The van der Waals surface area contributed by atoms with Crippen LogP contribution in [0.1, 0.15) is 35.3 Å². The first kappa shape index (κ1) is 15.6. The molecule has 124 valence electrons. The maximum absolute atomic E-state index is 10.3. The molecule has 3 heteroatoms. The molecule has 3 nitrogen and oxygen atoms in total. The molecule has 0 aliphatic carbocycles. The number of phenolic OH excluding ortho intramolecular Hbond substituents is 1. The average Bonchev–Trinajstić information content (AvgIpc) is 2.69. The first-order valence-electron chi connectivity index (χ1n) is 8.52. The molecule has 0 amide bonds. The van der Waals surface area contributed by atoms with Crippen molar-refractivity contribution in [3.63, 3.8) is 0 Å². The Bertz CT molecular complexity index is 875. The number of aromatic hydroxyl groups is 1. The van der Waals surface area contributed by atoms with Gasteiger partial charge >= 0.3 is 0 Å². The van der Waals surface area contributed by atoms with Crippen molar-refractivity contribution in [2.75, 3.05) is 0 Å². The predicted molar refractivity (Wildman–Crippen MR) is 101 cm³/mol. The Morgan fingerprint density at radius 2 is 1.44 bits per heavy atom. The molecule has 2 atom stereocenters. The van der Waals surface area contributed by atoms with Crippen LogP contribution >= 0.6 is 0 Å². The lowest BCUT2D eigenvalue weighted by Gasteiger charge is -2.31. The van der Waals surface area contributed by atoms with Gasteiger partial charge in [0.15, 0.2) is 0 Å². The van der Waals surface area contributed by atoms with Gasteiger partial charge in [0.2, 0.25) is 0 Å². The molecule has 2 N–H and O–H groups in total. The van der Waals surface area contributed by atoms with Gasteiger partial charge in [-0.2, -0.15) is 0 Å². The molecule has 1 aliphatic heterocycles. The van der Waals surface area contributed by atoms with Crippen molar-refractivity contribution < 1.29 is 5.11 Å². The van der Waals surface area contributed by atoms with Gasteiger partial charge in [-0.25, -0.2) is 0 Å². The minimum atomic E-state index is -0.130. The lowest BCUT2D eigenvalue weighted by Crippen LogP contribution is -2.33. The topological polar surface area (TPSA) is 44.6 Å². The molecule has 4 rings (SSSR count). The number of nitrogens with zero attached hydrogens (tertiary/aromatic N) is 1. The molecule has 0 bridgehead atoms. The summed E-state index contributed by atoms with van der Waals surface area (Å²) in [7, 11) is 0. The van der Waals surface area contributed by atoms with Gasteiger partial charge in [0, 0.05) is 23.7 Å². The number of nitrogens with one attached hydrogen (secondary N) is 1. The van der Waals surface area contributed by atoms with Gasteiger partial charge in [-0.15, -0.1) is 0 Å². The Labute approximate surface area is 147 Å². The second-order valence-corrected chi connectivity index (χ2v) is 6.24. The molecule has 0 fully saturated rings. The summed E-state index contributed by atoms with van der Waals surface area (Å²) < 4.78 is 0. The van der Waals surface area contributed by atoms with E-state index in [9.17, 15) is 5.11 Å². The molecule has 0 saturated heterocycles. The molecule has 1 aliphatic rings. The molecular formula is C22H20N2O. The number of rotatable bonds is 3. The Kier molecular flexibility index (Phi) is 4.32. The van der Waals surface area contributed by atoms with Gasteiger partial charge in [-0.1, -0.05) is 78.9 Å². The normalized spacial score (nSPS) is 20.1. The maximum atomic E-state index is 10.3. The van der Waals surface area contributed by atoms with E-state index in [4.69, 9.17) is 4.99 Å². The van der Waals surface area contributed by atoms with E-state index >= 15 is 0 Å². The third-order valence-electron chi connectivity index (χ3n) is 4.58. The van der Waals surface area contributed by atoms with Crippen LogP contribution in [0.4, 0.5) is 0 Å². The first-order valence-corrected chi connectivity index (χ1v) is 8.52. The number of hydrogen-bond donors (Lipinski definition) is 2. The van der Waals surface area contributed by atoms with Crippen LogP contribution in [-0.4, -0.2) is 10.8 Å². The Balaban J connectivity index is 1.75. The van der Waals surface area contributed by atoms with E-state index < -0.39 is 0 Å². The average molecular weight is 328 g/mol. The molecule has 0 aromatic heterocycles. The summed E-state index contributed by atoms with van der Waals surface area (Å²) in [4.78, 5) is 4.95. The number of benzene rings is 3. The number of hydrogen-bond acceptors (Lipinski definition) is 3. The summed E-state index contributed by atoms with van der Waals surface area (Å²) in [6.07, 6.45) is 0.611. The van der Waals surface area contributed by atoms with Crippen LogP contribution in [0, 0.1) is 0 Å². The maximum Gasteiger partial charge on any atom is 0.126 e. The Morgan fingerprint density at radius 1 is 0.800 bits per heavy atom. The molecule has 0 radical (unpaired) electrons. The van der Waals surface area contributed by atoms with Crippen molar-refractivity contribution in [3.8, 4) is 5.75 Å². The van der Waals surface area contributed by atoms with E-state index in [0.717, 1.165) is 28.8 Å². The van der Waals surface area contributed by atoms with Crippen molar-refractivity contribution in [3.05, 3.63) is 102 Å². The van der Waals surface area contributed by atoms with Gasteiger partial charge in [-0.05, 0) is 17.2 Å². The fraction of sp³-hybridized carbons (Fsp3) is 0.136. The Hall–Kier alpha value is -2.91. The largest absolute Gasteiger partial charge is 0.508 e. The summed E-state index contributed by atoms with van der Waals surface area (Å²) in [5, 5.41) is 13.9. The van der Waals surface area contributed by atoms with Crippen molar-refractivity contribution in [1.82, 2.24) is 5.32 Å². The molecule has 0 spiro atoms. The lowest BCUT2D eigenvalue weighted by molar-refractivity contribution is 0.413. The zero-order valence-electron chi connectivity index (χ0n) is 13.8. The Morgan fingerprint density at radius 3 is 2.16 bits per heavy atom. The van der Waals surface area contributed by atoms with Crippen molar-refractivity contribution in [2.45, 2.75) is 18.6 Å². The highest BCUT2D eigenvalue weighted by Gasteiger charge is 2.27. The SMILES string of the molecule is Oc1ccccc1[C@@H]1CC(c2ccccc2)=N[C@@H](c2ccccc2)N1. The van der Waals surface area contributed by atoms with E-state index in [0.29, 0.717) is 5.75 Å². The van der Waals surface area contributed by atoms with Gasteiger partial charge in [-0.3, -0.25) is 10.3 Å². The van der Waals surface area contributed by atoms with E-state index in [1.54, 1.807) is 6.07 Å². The van der Waals surface area contributed by atoms with E-state index in [1.807, 2.05) is 54.6 Å². The third kappa shape index (κ3) is 3.32. The summed E-state index contributed by atoms with van der Waals surface area (Å²) in [6.45, 7) is 0. The smallest absolute Gasteiger partial charge is 0.126 e. The van der Waals surface area contributed by atoms with Gasteiger partial charge in [0.1, 0.15) is 11.9 Å². The monoisotopic (exact) mass is 328 g/mol. The highest BCUT2D eigenvalue weighted by Crippen LogP contribution is 2.34. The number of phenols is 1. The molecule has 3 aromatic carbocycles. The van der Waals surface area contributed by atoms with Gasteiger partial charge in [0.05, 0.1) is 0 Å². The highest BCUT2D eigenvalue weighted by molar-refractivity contribution is 6.01. The number of para-hydroxylation sites is 1. The standard InChI is InChI=1S/C22H20N2O/c25-21-14-8-7-13-18(21)20-15-19(16-9-3-1-4-10-16)23-22(24-20)17-11-5-2-6-12-17/h1-14,20,22,24-25H,15H2/t20-,22+/m0/s1. The lowest BCUT2D eigenvalue weighted by atomic mass is 9.93. The first-order chi connectivity index (χ1) is 12.3. The van der Waals surface area contributed by atoms with Crippen LogP contribution in [0.2, 0.25) is 0 Å². The molecule has 0 saturated carbocycles. The summed E-state index contributed by atoms with van der Waals surface area (Å²) in [5.41, 5.74) is 4.22. The second-order valence-electron chi connectivity index (χ2n) is 6.24. The van der Waals surface area contributed by atoms with Crippen LogP contribution in [0.15, 0.2) is 89.9 Å². The zero-order chi connectivity index (χ0) is 17.1. The van der Waals surface area contributed by atoms with Crippen LogP contribution in [0.5, 0.6) is 5.75 Å². The summed E-state index contributed by atoms with van der Waals surface area (Å²) >= 11 is 0. The predicted octanol–water partition coefficient (Wildman–Crippen LogP) is 4.61. The fourth-order valence-corrected chi connectivity index (χ4v) is 3.30. The fourth-order valence-electron chi connectivity index (χ4n) is 3.30. The van der Waals surface area contributed by atoms with E-state index in [-0.39, 0.29) is 12.2 Å². The minimum Gasteiger partial charge on any atom is -0.508 e. The number of aliphatic imine (C=N–C) groups is 1. The van der Waals surface area contributed by atoms with Crippen molar-refractivity contribution in [2.24, 2.45) is 4.99 Å². The molecular weight excluding hydrogens is 308 g/mol. The van der Waals surface area contributed by atoms with Crippen LogP contribution < -0.4 is 5.32 Å². The quantitative estimate of drug-likeness (QED) is 0.737. The zero-order valence-corrected chi connectivity index (χ0v) is 13.8. The molecule has 25 heavy (non-hydrogen) atoms. The van der Waals surface area contributed by atoms with Crippen LogP contribution in [0.25, 0.3) is 0 Å². The van der Waals surface area contributed by atoms with Crippen LogP contribution in [-0.2, 0) is 0 Å². The van der Waals surface area contributed by atoms with Gasteiger partial charge < -0.3 is 5.11 Å². The highest BCUT2D eigenvalue weighted by atomic mass is 16.3. The molecule has 0 unspecified atom stereocenters.